The Morgan fingerprint density at radius 2 is 1.89 bits per heavy atom. The molecule has 6 heteroatoms. The number of nitrogens with two attached hydrogens (primary N) is 2. The van der Waals surface area contributed by atoms with Gasteiger partial charge in [-0.1, -0.05) is 30.3 Å². The highest BCUT2D eigenvalue weighted by atomic mass is 16.3. The summed E-state index contributed by atoms with van der Waals surface area (Å²) in [6, 6.07) is 15.7. The van der Waals surface area contributed by atoms with E-state index in [0.717, 1.165) is 34.0 Å². The fraction of sp³-hybridized carbons (Fsp3) is 0.238. The Hall–Kier alpha value is -2.96. The molecule has 0 aliphatic carbocycles. The van der Waals surface area contributed by atoms with Crippen LogP contribution in [-0.2, 0) is 0 Å². The van der Waals surface area contributed by atoms with Crippen molar-refractivity contribution in [3.63, 3.8) is 0 Å². The van der Waals surface area contributed by atoms with E-state index < -0.39 is 0 Å². The van der Waals surface area contributed by atoms with E-state index in [1.54, 1.807) is 0 Å². The first-order chi connectivity index (χ1) is 13.1. The van der Waals surface area contributed by atoms with Crippen molar-refractivity contribution in [3.05, 3.63) is 54.2 Å². The average molecular weight is 361 g/mol. The van der Waals surface area contributed by atoms with Crippen molar-refractivity contribution in [1.29, 1.82) is 0 Å². The monoisotopic (exact) mass is 361 g/mol. The Morgan fingerprint density at radius 1 is 1.07 bits per heavy atom. The Labute approximate surface area is 157 Å². The van der Waals surface area contributed by atoms with Gasteiger partial charge < -0.3 is 20.8 Å². The fourth-order valence-corrected chi connectivity index (χ4v) is 3.45. The van der Waals surface area contributed by atoms with Crippen molar-refractivity contribution >= 4 is 27.6 Å². The smallest absolute Gasteiger partial charge is 0.196 e. The summed E-state index contributed by atoms with van der Waals surface area (Å²) < 4.78 is 5.99. The summed E-state index contributed by atoms with van der Waals surface area (Å²) >= 11 is 0. The van der Waals surface area contributed by atoms with Gasteiger partial charge in [0.2, 0.25) is 0 Å². The molecular formula is C21H23N5O. The second kappa shape index (κ2) is 6.98. The Morgan fingerprint density at radius 3 is 2.63 bits per heavy atom. The second-order valence-electron chi connectivity index (χ2n) is 6.88. The number of hydrogen-bond acceptors (Lipinski definition) is 6. The molecule has 27 heavy (non-hydrogen) atoms. The molecule has 0 fully saturated rings. The van der Waals surface area contributed by atoms with Crippen molar-refractivity contribution in [1.82, 2.24) is 14.9 Å². The van der Waals surface area contributed by atoms with Crippen molar-refractivity contribution < 1.29 is 4.42 Å². The summed E-state index contributed by atoms with van der Waals surface area (Å²) in [5.41, 5.74) is 15.2. The predicted octanol–water partition coefficient (Wildman–Crippen LogP) is 3.58. The van der Waals surface area contributed by atoms with Gasteiger partial charge in [-0.25, -0.2) is 9.97 Å². The largest absolute Gasteiger partial charge is 0.453 e. The van der Waals surface area contributed by atoms with Crippen molar-refractivity contribution in [3.8, 4) is 11.6 Å². The van der Waals surface area contributed by atoms with Crippen LogP contribution in [0.5, 0.6) is 0 Å². The van der Waals surface area contributed by atoms with Gasteiger partial charge in [-0.05, 0) is 45.3 Å². The van der Waals surface area contributed by atoms with Crippen LogP contribution >= 0.6 is 0 Å². The summed E-state index contributed by atoms with van der Waals surface area (Å²) in [6.45, 7) is 0.566. The number of anilines is 1. The van der Waals surface area contributed by atoms with E-state index in [-0.39, 0.29) is 6.04 Å². The zero-order valence-corrected chi connectivity index (χ0v) is 15.5. The van der Waals surface area contributed by atoms with Crippen LogP contribution in [0.15, 0.2) is 52.9 Å². The SMILES string of the molecule is CN(C)C(CCN)c1nc(-c2cc3ccccc3o2)nc2c(N)cccc12. The van der Waals surface area contributed by atoms with Crippen LogP contribution in [0, 0.1) is 0 Å². The lowest BCUT2D eigenvalue weighted by atomic mass is 10.0. The topological polar surface area (TPSA) is 94.2 Å². The first-order valence-electron chi connectivity index (χ1n) is 9.00. The number of furan rings is 1. The van der Waals surface area contributed by atoms with E-state index in [1.165, 1.54) is 0 Å². The highest BCUT2D eigenvalue weighted by molar-refractivity contribution is 5.92. The van der Waals surface area contributed by atoms with Gasteiger partial charge in [-0.15, -0.1) is 0 Å². The molecular weight excluding hydrogens is 338 g/mol. The average Bonchev–Trinajstić information content (AvgIpc) is 3.10. The summed E-state index contributed by atoms with van der Waals surface area (Å²) in [4.78, 5) is 11.7. The van der Waals surface area contributed by atoms with E-state index >= 15 is 0 Å². The molecule has 1 atom stereocenters. The Bertz CT molecular complexity index is 1070. The first kappa shape index (κ1) is 17.5. The molecule has 4 N–H and O–H groups in total. The molecule has 138 valence electrons. The van der Waals surface area contributed by atoms with Gasteiger partial charge in [0, 0.05) is 10.8 Å². The minimum Gasteiger partial charge on any atom is -0.453 e. The third-order valence-electron chi connectivity index (χ3n) is 4.81. The maximum atomic E-state index is 6.24. The van der Waals surface area contributed by atoms with Gasteiger partial charge in [-0.3, -0.25) is 0 Å². The third kappa shape index (κ3) is 3.13. The third-order valence-corrected chi connectivity index (χ3v) is 4.81. The van der Waals surface area contributed by atoms with Gasteiger partial charge in [0.25, 0.3) is 0 Å². The number of hydrogen-bond donors (Lipinski definition) is 2. The standard InChI is InChI=1S/C21H23N5O/c1-26(2)16(10-11-22)20-14-7-5-8-15(23)19(14)24-21(25-20)18-12-13-6-3-4-9-17(13)27-18/h3-9,12,16H,10-11,22-23H2,1-2H3. The minimum absolute atomic E-state index is 0.0606. The molecule has 6 nitrogen and oxygen atoms in total. The van der Waals surface area contributed by atoms with E-state index in [2.05, 4.69) is 4.90 Å². The molecule has 0 bridgehead atoms. The molecule has 0 aliphatic heterocycles. The molecule has 1 unspecified atom stereocenters. The fourth-order valence-electron chi connectivity index (χ4n) is 3.45. The van der Waals surface area contributed by atoms with Crippen LogP contribution in [0.25, 0.3) is 33.5 Å². The van der Waals surface area contributed by atoms with Gasteiger partial charge in [0.15, 0.2) is 11.6 Å². The van der Waals surface area contributed by atoms with Crippen LogP contribution in [0.3, 0.4) is 0 Å². The van der Waals surface area contributed by atoms with E-state index in [0.29, 0.717) is 23.8 Å². The zero-order valence-electron chi connectivity index (χ0n) is 15.5. The quantitative estimate of drug-likeness (QED) is 0.528. The highest BCUT2D eigenvalue weighted by Gasteiger charge is 2.22. The molecule has 4 rings (SSSR count). The number of rotatable bonds is 5. The molecule has 0 amide bonds. The van der Waals surface area contributed by atoms with Gasteiger partial charge in [0.1, 0.15) is 5.58 Å². The molecule has 0 spiro atoms. The normalized spacial score (nSPS) is 12.9. The highest BCUT2D eigenvalue weighted by Crippen LogP contribution is 2.33. The lowest BCUT2D eigenvalue weighted by Crippen LogP contribution is -2.24. The molecule has 0 saturated heterocycles. The number of fused-ring (bicyclic) bond motifs is 2. The maximum Gasteiger partial charge on any atom is 0.196 e. The molecule has 2 aromatic carbocycles. The zero-order chi connectivity index (χ0) is 19.0. The van der Waals surface area contributed by atoms with Crippen molar-refractivity contribution in [2.45, 2.75) is 12.5 Å². The number of para-hydroxylation sites is 2. The van der Waals surface area contributed by atoms with E-state index in [1.807, 2.05) is 62.6 Å². The minimum atomic E-state index is 0.0606. The molecule has 0 radical (unpaired) electrons. The molecule has 2 heterocycles. The second-order valence-corrected chi connectivity index (χ2v) is 6.88. The number of nitrogens with zero attached hydrogens (tertiary/aromatic N) is 3. The summed E-state index contributed by atoms with van der Waals surface area (Å²) in [5, 5.41) is 1.96. The summed E-state index contributed by atoms with van der Waals surface area (Å²) in [5.74, 6) is 1.17. The van der Waals surface area contributed by atoms with E-state index in [4.69, 9.17) is 25.9 Å². The molecule has 0 aliphatic rings. The Balaban J connectivity index is 1.97. The van der Waals surface area contributed by atoms with Crippen LogP contribution in [0.1, 0.15) is 18.2 Å². The maximum absolute atomic E-state index is 6.24. The van der Waals surface area contributed by atoms with Crippen LogP contribution < -0.4 is 11.5 Å². The summed E-state index contributed by atoms with van der Waals surface area (Å²) in [7, 11) is 4.06. The van der Waals surface area contributed by atoms with Crippen LogP contribution in [-0.4, -0.2) is 35.5 Å². The molecule has 4 aromatic rings. The summed E-state index contributed by atoms with van der Waals surface area (Å²) in [6.07, 6.45) is 0.785. The van der Waals surface area contributed by atoms with Gasteiger partial charge in [-0.2, -0.15) is 0 Å². The van der Waals surface area contributed by atoms with Gasteiger partial charge in [0.05, 0.1) is 22.9 Å². The number of aromatic nitrogens is 2. The lowest BCUT2D eigenvalue weighted by Gasteiger charge is -2.25. The van der Waals surface area contributed by atoms with Crippen LogP contribution in [0.2, 0.25) is 0 Å². The van der Waals surface area contributed by atoms with Crippen LogP contribution in [0.4, 0.5) is 5.69 Å². The van der Waals surface area contributed by atoms with E-state index in [9.17, 15) is 0 Å². The van der Waals surface area contributed by atoms with Crippen molar-refractivity contribution in [2.75, 3.05) is 26.4 Å². The number of nitrogen functional groups attached to an aromatic ring is 1. The predicted molar refractivity (Wildman–Crippen MR) is 109 cm³/mol. The number of benzene rings is 2. The lowest BCUT2D eigenvalue weighted by molar-refractivity contribution is 0.283. The van der Waals surface area contributed by atoms with Crippen molar-refractivity contribution in [2.24, 2.45) is 5.73 Å². The first-order valence-corrected chi connectivity index (χ1v) is 9.00. The van der Waals surface area contributed by atoms with Gasteiger partial charge >= 0.3 is 0 Å². The molecule has 2 aromatic heterocycles. The molecule has 0 saturated carbocycles. The Kier molecular flexibility index (Phi) is 4.51.